The minimum absolute atomic E-state index is 0.0306. The molecule has 0 unspecified atom stereocenters. The van der Waals surface area contributed by atoms with Crippen molar-refractivity contribution >= 4 is 12.1 Å². The molecule has 0 bridgehead atoms. The second-order valence-electron chi connectivity index (χ2n) is 4.21. The minimum atomic E-state index is -2.08. The highest BCUT2D eigenvalue weighted by molar-refractivity contribution is 5.80. The van der Waals surface area contributed by atoms with E-state index >= 15 is 0 Å². The van der Waals surface area contributed by atoms with Crippen LogP contribution in [-0.4, -0.2) is 23.2 Å². The number of ether oxygens (including phenoxy) is 1. The van der Waals surface area contributed by atoms with E-state index in [1.807, 2.05) is 18.2 Å². The van der Waals surface area contributed by atoms with Crippen molar-refractivity contribution in [3.63, 3.8) is 0 Å². The van der Waals surface area contributed by atoms with Crippen molar-refractivity contribution in [2.75, 3.05) is 0 Å². The summed E-state index contributed by atoms with van der Waals surface area (Å²) in [6.07, 6.45) is -0.457. The zero-order valence-corrected chi connectivity index (χ0v) is 11.1. The van der Waals surface area contributed by atoms with E-state index in [4.69, 9.17) is 11.2 Å². The molecule has 1 aromatic carbocycles. The lowest BCUT2D eigenvalue weighted by Gasteiger charge is -2.19. The third-order valence-electron chi connectivity index (χ3n) is 2.79. The molecule has 0 aliphatic heterocycles. The number of carboxylic acid groups (broad SMARTS) is 1. The molecule has 1 amide bonds. The Balaban J connectivity index is 2.61. The maximum atomic E-state index is 11.6. The van der Waals surface area contributed by atoms with E-state index in [1.165, 1.54) is 0 Å². The Bertz CT molecular complexity index is 466. The number of hydrogen-bond donors (Lipinski definition) is 2. The molecule has 2 atom stereocenters. The van der Waals surface area contributed by atoms with Crippen molar-refractivity contribution in [3.05, 3.63) is 35.9 Å². The molecule has 0 radical (unpaired) electrons. The van der Waals surface area contributed by atoms with E-state index in [1.54, 1.807) is 26.0 Å². The first kappa shape index (κ1) is 13.4. The molecule has 1 aromatic rings. The molecule has 2 N–H and O–H groups in total. The second kappa shape index (κ2) is 7.41. The van der Waals surface area contributed by atoms with Gasteiger partial charge in [0.1, 0.15) is 12.6 Å². The van der Waals surface area contributed by atoms with Gasteiger partial charge in [0.05, 0.1) is 1.37 Å². The number of carboxylic acids is 1. The largest absolute Gasteiger partial charge is 0.480 e. The smallest absolute Gasteiger partial charge is 0.408 e. The zero-order chi connectivity index (χ0) is 15.2. The summed E-state index contributed by atoms with van der Waals surface area (Å²) < 4.78 is 12.8. The molecule has 0 saturated heterocycles. The zero-order valence-electron chi connectivity index (χ0n) is 12.1. The Hall–Kier alpha value is -2.04. The van der Waals surface area contributed by atoms with Crippen LogP contribution in [0.3, 0.4) is 0 Å². The molecule has 5 heteroatoms. The highest BCUT2D eigenvalue weighted by Crippen LogP contribution is 2.08. The van der Waals surface area contributed by atoms with Gasteiger partial charge in [-0.3, -0.25) is 0 Å². The summed E-state index contributed by atoms with van der Waals surface area (Å²) in [6.45, 7) is 3.38. The number of nitrogens with one attached hydrogen (secondary N) is 1. The lowest BCUT2D eigenvalue weighted by atomic mass is 10.00. The third kappa shape index (κ3) is 4.99. The van der Waals surface area contributed by atoms with Crippen LogP contribution in [0.1, 0.15) is 27.2 Å². The molecule has 0 aliphatic carbocycles. The maximum absolute atomic E-state index is 11.6. The molecule has 0 saturated carbocycles. The molecule has 104 valence electrons. The number of amides is 1. The molecular weight excluding hydrogens is 246 g/mol. The molecule has 0 aliphatic rings. The average Bonchev–Trinajstić information content (AvgIpc) is 2.45. The highest BCUT2D eigenvalue weighted by atomic mass is 16.5. The summed E-state index contributed by atoms with van der Waals surface area (Å²) in [5, 5.41) is 11.2. The molecule has 1 rings (SSSR count). The van der Waals surface area contributed by atoms with Crippen LogP contribution in [0, 0.1) is 5.92 Å². The molecule has 0 aromatic heterocycles. The van der Waals surface area contributed by atoms with Crippen LogP contribution >= 0.6 is 0 Å². The predicted molar refractivity (Wildman–Crippen MR) is 70.6 cm³/mol. The fourth-order valence-corrected chi connectivity index (χ4v) is 1.46. The van der Waals surface area contributed by atoms with Gasteiger partial charge >= 0.3 is 12.1 Å². The number of carbonyl (C=O) groups excluding carboxylic acids is 1. The van der Waals surface area contributed by atoms with Crippen LogP contribution in [0.15, 0.2) is 30.3 Å². The number of carbonyl (C=O) groups is 2. The van der Waals surface area contributed by atoms with Gasteiger partial charge in [-0.15, -0.1) is 0 Å². The van der Waals surface area contributed by atoms with Crippen molar-refractivity contribution < 1.29 is 20.8 Å². The van der Waals surface area contributed by atoms with Gasteiger partial charge in [0.2, 0.25) is 0 Å². The molecular formula is C14H19NO4. The topological polar surface area (TPSA) is 75.6 Å². The van der Waals surface area contributed by atoms with Crippen molar-refractivity contribution in [3.8, 4) is 0 Å². The van der Waals surface area contributed by atoms with Crippen LogP contribution in [0.4, 0.5) is 4.79 Å². The Morgan fingerprint density at radius 1 is 1.42 bits per heavy atom. The first-order chi connectivity index (χ1) is 9.40. The number of hydrogen-bond acceptors (Lipinski definition) is 3. The highest BCUT2D eigenvalue weighted by Gasteiger charge is 2.25. The van der Waals surface area contributed by atoms with Crippen molar-refractivity contribution in [2.24, 2.45) is 5.92 Å². The summed E-state index contributed by atoms with van der Waals surface area (Å²) in [5.74, 6) is -1.94. The SMILES string of the molecule is [2H][C@@](NC(=O)OCc1ccccc1)(C(=O)O)[C@@H](C)CC. The number of aliphatic carboxylic acids is 1. The normalized spacial score (nSPS) is 15.8. The number of rotatable bonds is 6. The van der Waals surface area contributed by atoms with Crippen molar-refractivity contribution in [2.45, 2.75) is 32.9 Å². The number of benzene rings is 1. The first-order valence-electron chi connectivity index (χ1n) is 6.62. The van der Waals surface area contributed by atoms with E-state index in [2.05, 4.69) is 5.32 Å². The van der Waals surface area contributed by atoms with E-state index in [-0.39, 0.29) is 6.61 Å². The van der Waals surface area contributed by atoms with Crippen LogP contribution in [-0.2, 0) is 16.1 Å². The van der Waals surface area contributed by atoms with Crippen LogP contribution < -0.4 is 5.32 Å². The lowest BCUT2D eigenvalue weighted by Crippen LogP contribution is -2.45. The summed E-state index contributed by atoms with van der Waals surface area (Å²) in [6, 6.07) is 6.94. The van der Waals surface area contributed by atoms with Crippen molar-refractivity contribution in [1.82, 2.24) is 5.32 Å². The van der Waals surface area contributed by atoms with Gasteiger partial charge in [-0.25, -0.2) is 9.59 Å². The predicted octanol–water partition coefficient (Wildman–Crippen LogP) is 2.41. The Kier molecular flexibility index (Phi) is 5.22. The Labute approximate surface area is 114 Å². The van der Waals surface area contributed by atoms with E-state index < -0.39 is 24.0 Å². The van der Waals surface area contributed by atoms with Gasteiger partial charge in [-0.1, -0.05) is 50.6 Å². The first-order valence-corrected chi connectivity index (χ1v) is 6.12. The summed E-state index contributed by atoms with van der Waals surface area (Å²) in [4.78, 5) is 22.8. The van der Waals surface area contributed by atoms with Gasteiger partial charge in [0.15, 0.2) is 0 Å². The summed E-state index contributed by atoms with van der Waals surface area (Å²) in [5.41, 5.74) is 0.789. The Morgan fingerprint density at radius 3 is 2.58 bits per heavy atom. The van der Waals surface area contributed by atoms with Gasteiger partial charge in [0, 0.05) is 0 Å². The van der Waals surface area contributed by atoms with E-state index in [0.717, 1.165) is 5.56 Å². The van der Waals surface area contributed by atoms with Crippen LogP contribution in [0.5, 0.6) is 0 Å². The van der Waals surface area contributed by atoms with Gasteiger partial charge in [0.25, 0.3) is 0 Å². The molecule has 19 heavy (non-hydrogen) atoms. The maximum Gasteiger partial charge on any atom is 0.408 e. The molecule has 0 fully saturated rings. The second-order valence-corrected chi connectivity index (χ2v) is 4.21. The third-order valence-corrected chi connectivity index (χ3v) is 2.79. The van der Waals surface area contributed by atoms with Gasteiger partial charge in [-0.05, 0) is 11.5 Å². The summed E-state index contributed by atoms with van der Waals surface area (Å²) >= 11 is 0. The van der Waals surface area contributed by atoms with Crippen molar-refractivity contribution in [1.29, 1.82) is 0 Å². The standard InChI is InChI=1S/C14H19NO4/c1-3-10(2)12(13(16)17)15-14(18)19-9-11-7-5-4-6-8-11/h4-8,10,12H,3,9H2,1-2H3,(H,15,18)(H,16,17)/t10-,12-/m0/s1/i12D. The fourth-order valence-electron chi connectivity index (χ4n) is 1.46. The van der Waals surface area contributed by atoms with E-state index in [9.17, 15) is 9.59 Å². The Morgan fingerprint density at radius 2 is 2.05 bits per heavy atom. The number of alkyl carbamates (subject to hydrolysis) is 1. The fraction of sp³-hybridized carbons (Fsp3) is 0.429. The average molecular weight is 266 g/mol. The minimum Gasteiger partial charge on any atom is -0.480 e. The molecule has 0 heterocycles. The van der Waals surface area contributed by atoms with Gasteiger partial charge in [-0.2, -0.15) is 0 Å². The van der Waals surface area contributed by atoms with Gasteiger partial charge < -0.3 is 15.2 Å². The molecule has 0 spiro atoms. The molecule has 5 nitrogen and oxygen atoms in total. The van der Waals surface area contributed by atoms with E-state index in [0.29, 0.717) is 6.42 Å². The lowest BCUT2D eigenvalue weighted by molar-refractivity contribution is -0.140. The monoisotopic (exact) mass is 266 g/mol. The summed E-state index contributed by atoms with van der Waals surface area (Å²) in [7, 11) is 0. The van der Waals surface area contributed by atoms with Crippen LogP contribution in [0.2, 0.25) is 0 Å². The quantitative estimate of drug-likeness (QED) is 0.829. The van der Waals surface area contributed by atoms with Crippen LogP contribution in [0.25, 0.3) is 0 Å².